The van der Waals surface area contributed by atoms with Crippen LogP contribution in [-0.4, -0.2) is 15.3 Å². The van der Waals surface area contributed by atoms with Gasteiger partial charge in [-0.3, -0.25) is 10.1 Å². The Morgan fingerprint density at radius 3 is 2.25 bits per heavy atom. The number of carbonyl (C=O) groups excluding carboxylic acids is 1. The molecule has 3 aromatic rings. The lowest BCUT2D eigenvalue weighted by molar-refractivity contribution is 0.102. The van der Waals surface area contributed by atoms with Gasteiger partial charge >= 0.3 is 0 Å². The zero-order valence-electron chi connectivity index (χ0n) is 11.7. The number of anilines is 1. The van der Waals surface area contributed by atoms with E-state index in [-0.39, 0.29) is 11.0 Å². The first-order valence-corrected chi connectivity index (χ1v) is 7.27. The van der Waals surface area contributed by atoms with Crippen molar-refractivity contribution >= 4 is 22.6 Å². The fourth-order valence-corrected chi connectivity index (χ4v) is 2.43. The summed E-state index contributed by atoms with van der Waals surface area (Å²) in [6, 6.07) is 6.56. The number of benzene rings is 2. The molecule has 0 fully saturated rings. The van der Waals surface area contributed by atoms with Crippen molar-refractivity contribution in [2.75, 3.05) is 5.32 Å². The fourth-order valence-electron chi connectivity index (χ4n) is 1.85. The molecule has 1 N–H and O–H groups in total. The minimum absolute atomic E-state index is 0.0736. The summed E-state index contributed by atoms with van der Waals surface area (Å²) in [6.07, 6.45) is 0. The minimum atomic E-state index is -1.65. The van der Waals surface area contributed by atoms with Gasteiger partial charge in [-0.05, 0) is 36.4 Å². The number of amides is 1. The van der Waals surface area contributed by atoms with Crippen molar-refractivity contribution in [3.05, 3.63) is 65.2 Å². The number of aromatic nitrogens is 2. The molecule has 4 nitrogen and oxygen atoms in total. The summed E-state index contributed by atoms with van der Waals surface area (Å²) in [5.41, 5.74) is 0.136. The van der Waals surface area contributed by atoms with Crippen LogP contribution in [0.5, 0.6) is 0 Å². The van der Waals surface area contributed by atoms with Crippen LogP contribution in [-0.2, 0) is 0 Å². The average Bonchev–Trinajstić information content (AvgIpc) is 3.01. The summed E-state index contributed by atoms with van der Waals surface area (Å²) in [5.74, 6) is -5.61. The Balaban J connectivity index is 1.79. The van der Waals surface area contributed by atoms with Gasteiger partial charge in [0.05, 0.1) is 0 Å². The van der Waals surface area contributed by atoms with Crippen molar-refractivity contribution in [1.82, 2.24) is 9.36 Å². The molecule has 9 heteroatoms. The number of carbonyl (C=O) groups is 1. The first-order chi connectivity index (χ1) is 11.4. The highest BCUT2D eigenvalue weighted by molar-refractivity contribution is 7.10. The molecule has 0 aliphatic heterocycles. The molecule has 0 saturated heterocycles. The van der Waals surface area contributed by atoms with Crippen LogP contribution in [0, 0.1) is 23.3 Å². The van der Waals surface area contributed by atoms with Gasteiger partial charge in [-0.1, -0.05) is 0 Å². The molecular formula is C15H7F4N3OS. The maximum Gasteiger partial charge on any atom is 0.257 e. The van der Waals surface area contributed by atoms with Gasteiger partial charge in [-0.25, -0.2) is 17.6 Å². The third-order valence-corrected chi connectivity index (χ3v) is 3.63. The normalized spacial score (nSPS) is 10.7. The standard InChI is InChI=1S/C15H7F4N3OS/c16-9-3-1-7(2-4-9)13-20-15(24-22-13)21-14(23)8-5-10(17)12(19)11(18)6-8/h1-6H,(H,20,21,22,23). The van der Waals surface area contributed by atoms with Crippen molar-refractivity contribution in [2.45, 2.75) is 0 Å². The highest BCUT2D eigenvalue weighted by atomic mass is 32.1. The van der Waals surface area contributed by atoms with Crippen LogP contribution in [0.4, 0.5) is 22.7 Å². The topological polar surface area (TPSA) is 54.9 Å². The molecule has 24 heavy (non-hydrogen) atoms. The molecule has 122 valence electrons. The van der Waals surface area contributed by atoms with Crippen LogP contribution in [0.2, 0.25) is 0 Å². The highest BCUT2D eigenvalue weighted by Gasteiger charge is 2.16. The maximum atomic E-state index is 13.1. The summed E-state index contributed by atoms with van der Waals surface area (Å²) >= 11 is 0.835. The SMILES string of the molecule is O=C(Nc1nc(-c2ccc(F)cc2)ns1)c1cc(F)c(F)c(F)c1. The monoisotopic (exact) mass is 353 g/mol. The molecule has 3 rings (SSSR count). The molecule has 0 aliphatic carbocycles. The molecule has 0 unspecified atom stereocenters. The largest absolute Gasteiger partial charge is 0.297 e. The van der Waals surface area contributed by atoms with E-state index in [1.807, 2.05) is 0 Å². The van der Waals surface area contributed by atoms with E-state index in [0.717, 1.165) is 11.5 Å². The Labute approximate surface area is 137 Å². The zero-order chi connectivity index (χ0) is 17.3. The van der Waals surface area contributed by atoms with Crippen LogP contribution in [0.25, 0.3) is 11.4 Å². The van der Waals surface area contributed by atoms with Crippen molar-refractivity contribution in [3.8, 4) is 11.4 Å². The number of halogens is 4. The van der Waals surface area contributed by atoms with Crippen molar-refractivity contribution < 1.29 is 22.4 Å². The Bertz CT molecular complexity index is 888. The summed E-state index contributed by atoms with van der Waals surface area (Å²) < 4.78 is 56.1. The lowest BCUT2D eigenvalue weighted by Crippen LogP contribution is -2.13. The third-order valence-electron chi connectivity index (χ3n) is 2.99. The Morgan fingerprint density at radius 1 is 1.00 bits per heavy atom. The van der Waals surface area contributed by atoms with Gasteiger partial charge in [0.25, 0.3) is 5.91 Å². The predicted molar refractivity (Wildman–Crippen MR) is 79.6 cm³/mol. The van der Waals surface area contributed by atoms with E-state index < -0.39 is 34.7 Å². The van der Waals surface area contributed by atoms with E-state index in [2.05, 4.69) is 14.7 Å². The number of hydrogen-bond acceptors (Lipinski definition) is 4. The van der Waals surface area contributed by atoms with Crippen LogP contribution >= 0.6 is 11.5 Å². The van der Waals surface area contributed by atoms with E-state index in [9.17, 15) is 22.4 Å². The number of nitrogens with one attached hydrogen (secondary N) is 1. The maximum absolute atomic E-state index is 13.1. The summed E-state index contributed by atoms with van der Waals surface area (Å²) in [4.78, 5) is 16.0. The molecule has 0 radical (unpaired) electrons. The first-order valence-electron chi connectivity index (χ1n) is 6.49. The van der Waals surface area contributed by atoms with Crippen LogP contribution < -0.4 is 5.32 Å². The van der Waals surface area contributed by atoms with Gasteiger partial charge in [-0.15, -0.1) is 0 Å². The van der Waals surface area contributed by atoms with Gasteiger partial charge in [0.1, 0.15) is 5.82 Å². The third kappa shape index (κ3) is 3.25. The van der Waals surface area contributed by atoms with Crippen molar-refractivity contribution in [3.63, 3.8) is 0 Å². The van der Waals surface area contributed by atoms with Crippen LogP contribution in [0.1, 0.15) is 10.4 Å². The smallest absolute Gasteiger partial charge is 0.257 e. The van der Waals surface area contributed by atoms with Crippen LogP contribution in [0.15, 0.2) is 36.4 Å². The highest BCUT2D eigenvalue weighted by Crippen LogP contribution is 2.22. The Morgan fingerprint density at radius 2 is 1.62 bits per heavy atom. The van der Waals surface area contributed by atoms with Gasteiger partial charge in [0, 0.05) is 22.7 Å². The van der Waals surface area contributed by atoms with Crippen molar-refractivity contribution in [1.29, 1.82) is 0 Å². The molecular weight excluding hydrogens is 346 g/mol. The molecule has 0 bridgehead atoms. The van der Waals surface area contributed by atoms with E-state index in [0.29, 0.717) is 17.7 Å². The quantitative estimate of drug-likeness (QED) is 0.572. The van der Waals surface area contributed by atoms with Gasteiger partial charge in [-0.2, -0.15) is 9.36 Å². The van der Waals surface area contributed by atoms with Gasteiger partial charge in [0.15, 0.2) is 23.3 Å². The molecule has 0 saturated carbocycles. The minimum Gasteiger partial charge on any atom is -0.297 e. The second-order valence-electron chi connectivity index (χ2n) is 4.64. The Hall–Kier alpha value is -2.81. The predicted octanol–water partition coefficient (Wildman–Crippen LogP) is 4.01. The average molecular weight is 353 g/mol. The van der Waals surface area contributed by atoms with E-state index in [1.165, 1.54) is 24.3 Å². The van der Waals surface area contributed by atoms with Crippen molar-refractivity contribution in [2.24, 2.45) is 0 Å². The van der Waals surface area contributed by atoms with E-state index in [1.54, 1.807) is 0 Å². The second-order valence-corrected chi connectivity index (χ2v) is 5.39. The molecule has 0 atom stereocenters. The van der Waals surface area contributed by atoms with E-state index in [4.69, 9.17) is 0 Å². The molecule has 1 aromatic heterocycles. The molecule has 2 aromatic carbocycles. The molecule has 0 spiro atoms. The number of rotatable bonds is 3. The Kier molecular flexibility index (Phi) is 4.26. The van der Waals surface area contributed by atoms with Gasteiger partial charge < -0.3 is 0 Å². The number of hydrogen-bond donors (Lipinski definition) is 1. The summed E-state index contributed by atoms with van der Waals surface area (Å²) in [6.45, 7) is 0. The fraction of sp³-hybridized carbons (Fsp3) is 0. The lowest BCUT2D eigenvalue weighted by atomic mass is 10.2. The molecule has 0 aliphatic rings. The summed E-state index contributed by atoms with van der Waals surface area (Å²) in [7, 11) is 0. The number of nitrogens with zero attached hydrogens (tertiary/aromatic N) is 2. The second kappa shape index (κ2) is 6.36. The summed E-state index contributed by atoms with van der Waals surface area (Å²) in [5, 5.41) is 2.38. The first kappa shape index (κ1) is 16.1. The molecule has 1 amide bonds. The van der Waals surface area contributed by atoms with Crippen LogP contribution in [0.3, 0.4) is 0 Å². The lowest BCUT2D eigenvalue weighted by Gasteiger charge is -2.03. The van der Waals surface area contributed by atoms with Gasteiger partial charge in [0.2, 0.25) is 5.13 Å². The molecule has 1 heterocycles. The zero-order valence-corrected chi connectivity index (χ0v) is 12.5. The van der Waals surface area contributed by atoms with E-state index >= 15 is 0 Å².